The molecule has 0 saturated heterocycles. The lowest BCUT2D eigenvalue weighted by Gasteiger charge is -2.27. The highest BCUT2D eigenvalue weighted by Gasteiger charge is 2.37. The topological polar surface area (TPSA) is 55.1 Å². The molecule has 2 rings (SSSR count). The molecule has 1 saturated carbocycles. The van der Waals surface area contributed by atoms with Crippen LogP contribution in [0.2, 0.25) is 0 Å². The summed E-state index contributed by atoms with van der Waals surface area (Å²) in [6, 6.07) is 5.14. The number of nitrogens with one attached hydrogen (secondary N) is 1. The third-order valence-electron chi connectivity index (χ3n) is 3.36. The lowest BCUT2D eigenvalue weighted by Crippen LogP contribution is -2.31. The summed E-state index contributed by atoms with van der Waals surface area (Å²) < 4.78 is 26.9. The van der Waals surface area contributed by atoms with E-state index in [-0.39, 0.29) is 37.5 Å². The van der Waals surface area contributed by atoms with Gasteiger partial charge in [-0.3, -0.25) is 4.79 Å². The molecular formula is C13H15BrF2N2O. The van der Waals surface area contributed by atoms with E-state index in [2.05, 4.69) is 21.2 Å². The molecule has 0 radical (unpaired) electrons. The third kappa shape index (κ3) is 3.65. The molecule has 1 fully saturated rings. The Kier molecular flexibility index (Phi) is 4.08. The van der Waals surface area contributed by atoms with Crippen LogP contribution in [0.15, 0.2) is 22.7 Å². The van der Waals surface area contributed by atoms with Crippen LogP contribution in [0.3, 0.4) is 0 Å². The van der Waals surface area contributed by atoms with Crippen LogP contribution in [-0.4, -0.2) is 11.8 Å². The molecule has 3 N–H and O–H groups in total. The molecule has 1 aliphatic rings. The van der Waals surface area contributed by atoms with E-state index in [1.165, 1.54) is 0 Å². The van der Waals surface area contributed by atoms with E-state index >= 15 is 0 Å². The van der Waals surface area contributed by atoms with Crippen molar-refractivity contribution in [3.8, 4) is 0 Å². The Balaban J connectivity index is 1.98. The molecule has 0 bridgehead atoms. The van der Waals surface area contributed by atoms with Gasteiger partial charge in [0.05, 0.1) is 11.4 Å². The maximum absolute atomic E-state index is 13.0. The second kappa shape index (κ2) is 5.45. The van der Waals surface area contributed by atoms with Gasteiger partial charge in [0.1, 0.15) is 0 Å². The molecule has 3 nitrogen and oxygen atoms in total. The summed E-state index contributed by atoms with van der Waals surface area (Å²) in [5, 5.41) is 2.70. The Morgan fingerprint density at radius 1 is 1.37 bits per heavy atom. The number of hydrogen-bond donors (Lipinski definition) is 2. The molecule has 0 aromatic heterocycles. The first-order chi connectivity index (χ1) is 8.87. The Bertz CT molecular complexity index is 484. The number of benzene rings is 1. The van der Waals surface area contributed by atoms with Gasteiger partial charge >= 0.3 is 0 Å². The number of hydrogen-bond acceptors (Lipinski definition) is 2. The number of rotatable bonds is 2. The highest BCUT2D eigenvalue weighted by Crippen LogP contribution is 2.36. The quantitative estimate of drug-likeness (QED) is 0.809. The molecule has 0 aliphatic heterocycles. The van der Waals surface area contributed by atoms with Crippen LogP contribution in [0.25, 0.3) is 0 Å². The molecule has 0 spiro atoms. The Labute approximate surface area is 118 Å². The lowest BCUT2D eigenvalue weighted by molar-refractivity contribution is -0.124. The van der Waals surface area contributed by atoms with Crippen LogP contribution in [-0.2, 0) is 4.79 Å². The number of amides is 1. The van der Waals surface area contributed by atoms with Gasteiger partial charge in [0.15, 0.2) is 0 Å². The van der Waals surface area contributed by atoms with Crippen molar-refractivity contribution >= 4 is 33.2 Å². The van der Waals surface area contributed by atoms with E-state index in [0.29, 0.717) is 11.4 Å². The molecule has 6 heteroatoms. The predicted molar refractivity (Wildman–Crippen MR) is 74.1 cm³/mol. The first kappa shape index (κ1) is 14.2. The summed E-state index contributed by atoms with van der Waals surface area (Å²) in [6.07, 6.45) is -0.00759. The minimum atomic E-state index is -2.62. The molecule has 0 unspecified atom stereocenters. The van der Waals surface area contributed by atoms with Crippen LogP contribution >= 0.6 is 15.9 Å². The molecule has 1 aromatic carbocycles. The minimum Gasteiger partial charge on any atom is -0.397 e. The number of anilines is 2. The molecule has 1 amide bonds. The number of nitrogens with two attached hydrogens (primary N) is 1. The number of alkyl halides is 2. The molecular weight excluding hydrogens is 318 g/mol. The fourth-order valence-corrected chi connectivity index (χ4v) is 2.56. The molecule has 1 aliphatic carbocycles. The first-order valence-electron chi connectivity index (χ1n) is 6.11. The van der Waals surface area contributed by atoms with Crippen LogP contribution in [0.4, 0.5) is 20.2 Å². The largest absolute Gasteiger partial charge is 0.397 e. The van der Waals surface area contributed by atoms with Crippen molar-refractivity contribution < 1.29 is 13.6 Å². The van der Waals surface area contributed by atoms with E-state index in [1.807, 2.05) is 0 Å². The van der Waals surface area contributed by atoms with Gasteiger partial charge in [-0.05, 0) is 31.0 Å². The molecule has 0 heterocycles. The van der Waals surface area contributed by atoms with E-state index in [0.717, 1.165) is 4.47 Å². The van der Waals surface area contributed by atoms with Crippen molar-refractivity contribution in [2.45, 2.75) is 31.6 Å². The SMILES string of the molecule is Nc1cc(Br)ccc1NC(=O)C1CCC(F)(F)CC1. The molecule has 0 atom stereocenters. The van der Waals surface area contributed by atoms with Gasteiger partial charge in [0, 0.05) is 23.2 Å². The van der Waals surface area contributed by atoms with Crippen LogP contribution in [0.1, 0.15) is 25.7 Å². The van der Waals surface area contributed by atoms with Crippen LogP contribution in [0, 0.1) is 5.92 Å². The zero-order chi connectivity index (χ0) is 14.0. The van der Waals surface area contributed by atoms with Crippen LogP contribution in [0.5, 0.6) is 0 Å². The van der Waals surface area contributed by atoms with Gasteiger partial charge in [-0.15, -0.1) is 0 Å². The van der Waals surface area contributed by atoms with Crippen molar-refractivity contribution in [2.24, 2.45) is 5.92 Å². The highest BCUT2D eigenvalue weighted by atomic mass is 79.9. The van der Waals surface area contributed by atoms with Crippen molar-refractivity contribution in [1.29, 1.82) is 0 Å². The van der Waals surface area contributed by atoms with E-state index in [4.69, 9.17) is 5.73 Å². The van der Waals surface area contributed by atoms with Gasteiger partial charge in [0.2, 0.25) is 11.8 Å². The minimum absolute atomic E-state index is 0.218. The summed E-state index contributed by atoms with van der Waals surface area (Å²) in [7, 11) is 0. The van der Waals surface area contributed by atoms with E-state index < -0.39 is 5.92 Å². The Morgan fingerprint density at radius 2 is 2.00 bits per heavy atom. The van der Waals surface area contributed by atoms with Gasteiger partial charge in [-0.2, -0.15) is 0 Å². The zero-order valence-electron chi connectivity index (χ0n) is 10.3. The fourth-order valence-electron chi connectivity index (χ4n) is 2.18. The second-order valence-electron chi connectivity index (χ2n) is 4.85. The Morgan fingerprint density at radius 3 is 2.58 bits per heavy atom. The maximum atomic E-state index is 13.0. The monoisotopic (exact) mass is 332 g/mol. The molecule has 1 aromatic rings. The zero-order valence-corrected chi connectivity index (χ0v) is 11.8. The third-order valence-corrected chi connectivity index (χ3v) is 3.85. The van der Waals surface area contributed by atoms with Crippen LogP contribution < -0.4 is 11.1 Å². The fraction of sp³-hybridized carbons (Fsp3) is 0.462. The number of halogens is 3. The standard InChI is InChI=1S/C13H15BrF2N2O/c14-9-1-2-11(10(17)7-9)18-12(19)8-3-5-13(15,16)6-4-8/h1-2,7-8H,3-6,17H2,(H,18,19). The van der Waals surface area contributed by atoms with Crippen molar-refractivity contribution in [1.82, 2.24) is 0 Å². The molecule has 104 valence electrons. The van der Waals surface area contributed by atoms with Gasteiger partial charge in [0.25, 0.3) is 0 Å². The maximum Gasteiger partial charge on any atom is 0.248 e. The predicted octanol–water partition coefficient (Wildman–Crippen LogP) is 3.80. The van der Waals surface area contributed by atoms with Gasteiger partial charge in [-0.1, -0.05) is 15.9 Å². The smallest absolute Gasteiger partial charge is 0.248 e. The average molecular weight is 333 g/mol. The number of nitrogen functional groups attached to an aromatic ring is 1. The van der Waals surface area contributed by atoms with E-state index in [1.54, 1.807) is 18.2 Å². The summed E-state index contributed by atoms with van der Waals surface area (Å²) in [5.41, 5.74) is 6.74. The molecule has 19 heavy (non-hydrogen) atoms. The number of carbonyl (C=O) groups is 1. The lowest BCUT2D eigenvalue weighted by atomic mass is 9.86. The Hall–Kier alpha value is -1.17. The van der Waals surface area contributed by atoms with Gasteiger partial charge < -0.3 is 11.1 Å². The van der Waals surface area contributed by atoms with Crippen molar-refractivity contribution in [3.05, 3.63) is 22.7 Å². The van der Waals surface area contributed by atoms with Gasteiger partial charge in [-0.25, -0.2) is 8.78 Å². The van der Waals surface area contributed by atoms with E-state index in [9.17, 15) is 13.6 Å². The average Bonchev–Trinajstić information content (AvgIpc) is 2.32. The van der Waals surface area contributed by atoms with Crippen molar-refractivity contribution in [3.63, 3.8) is 0 Å². The summed E-state index contributed by atoms with van der Waals surface area (Å²) in [4.78, 5) is 12.0. The first-order valence-corrected chi connectivity index (χ1v) is 6.90. The normalized spacial score (nSPS) is 19.1. The summed E-state index contributed by atoms with van der Waals surface area (Å²) in [6.45, 7) is 0. The highest BCUT2D eigenvalue weighted by molar-refractivity contribution is 9.10. The summed E-state index contributed by atoms with van der Waals surface area (Å²) in [5.74, 6) is -3.21. The summed E-state index contributed by atoms with van der Waals surface area (Å²) >= 11 is 3.28. The van der Waals surface area contributed by atoms with Crippen molar-refractivity contribution in [2.75, 3.05) is 11.1 Å². The number of carbonyl (C=O) groups excluding carboxylic acids is 1. The second-order valence-corrected chi connectivity index (χ2v) is 5.77.